The fourth-order valence-electron chi connectivity index (χ4n) is 2.58. The fourth-order valence-corrected chi connectivity index (χ4v) is 2.58. The highest BCUT2D eigenvalue weighted by Crippen LogP contribution is 2.32. The van der Waals surface area contributed by atoms with Crippen molar-refractivity contribution >= 4 is 11.9 Å². The first-order valence-electron chi connectivity index (χ1n) is 6.27. The summed E-state index contributed by atoms with van der Waals surface area (Å²) in [4.78, 5) is 24.6. The molecule has 5 heteroatoms. The van der Waals surface area contributed by atoms with E-state index in [1.165, 1.54) is 0 Å². The minimum Gasteiger partial charge on any atom is -0.348 e. The third-order valence-electron chi connectivity index (χ3n) is 3.45. The molecule has 0 radical (unpaired) electrons. The summed E-state index contributed by atoms with van der Waals surface area (Å²) in [5.41, 5.74) is -0.332. The van der Waals surface area contributed by atoms with Crippen molar-refractivity contribution in [2.45, 2.75) is 19.8 Å². The van der Waals surface area contributed by atoms with Crippen molar-refractivity contribution in [2.75, 3.05) is 32.1 Å². The van der Waals surface area contributed by atoms with Crippen molar-refractivity contribution in [3.05, 3.63) is 18.5 Å². The van der Waals surface area contributed by atoms with Crippen LogP contribution in [0.1, 0.15) is 19.8 Å². The third-order valence-corrected chi connectivity index (χ3v) is 3.45. The van der Waals surface area contributed by atoms with E-state index in [4.69, 9.17) is 0 Å². The first-order valence-corrected chi connectivity index (χ1v) is 6.27. The number of carbonyl (C=O) groups is 1. The van der Waals surface area contributed by atoms with Gasteiger partial charge in [0.1, 0.15) is 0 Å². The Morgan fingerprint density at radius 2 is 2.06 bits per heavy atom. The maximum Gasteiger partial charge on any atom is 0.229 e. The van der Waals surface area contributed by atoms with Crippen LogP contribution in [0.4, 0.5) is 5.95 Å². The molecule has 2 rings (SSSR count). The zero-order valence-corrected chi connectivity index (χ0v) is 11.3. The minimum absolute atomic E-state index is 0.183. The van der Waals surface area contributed by atoms with E-state index >= 15 is 0 Å². The SMILES string of the molecule is CN(C)C(=O)[C@@]1(C)CCCN(c2ncccn2)C1. The van der Waals surface area contributed by atoms with Gasteiger partial charge >= 0.3 is 0 Å². The van der Waals surface area contributed by atoms with Gasteiger partial charge in [0.05, 0.1) is 5.41 Å². The molecule has 1 aromatic heterocycles. The number of piperidine rings is 1. The first kappa shape index (κ1) is 12.8. The average molecular weight is 248 g/mol. The second-order valence-electron chi connectivity index (χ2n) is 5.33. The van der Waals surface area contributed by atoms with Crippen LogP contribution in [-0.2, 0) is 4.79 Å². The van der Waals surface area contributed by atoms with Crippen molar-refractivity contribution in [1.29, 1.82) is 0 Å². The predicted octanol–water partition coefficient (Wildman–Crippen LogP) is 1.17. The van der Waals surface area contributed by atoms with Gasteiger partial charge in [0.25, 0.3) is 0 Å². The summed E-state index contributed by atoms with van der Waals surface area (Å²) in [6.45, 7) is 3.64. The number of hydrogen-bond acceptors (Lipinski definition) is 4. The van der Waals surface area contributed by atoms with Crippen LogP contribution in [-0.4, -0.2) is 48.0 Å². The molecule has 0 aliphatic carbocycles. The Morgan fingerprint density at radius 1 is 1.39 bits per heavy atom. The number of anilines is 1. The quantitative estimate of drug-likeness (QED) is 0.788. The molecule has 1 aliphatic heterocycles. The van der Waals surface area contributed by atoms with E-state index in [9.17, 15) is 4.79 Å². The van der Waals surface area contributed by atoms with E-state index in [-0.39, 0.29) is 11.3 Å². The van der Waals surface area contributed by atoms with E-state index in [2.05, 4.69) is 14.9 Å². The number of nitrogens with zero attached hydrogens (tertiary/aromatic N) is 4. The molecule has 1 amide bonds. The lowest BCUT2D eigenvalue weighted by Gasteiger charge is -2.40. The summed E-state index contributed by atoms with van der Waals surface area (Å²) < 4.78 is 0. The molecular weight excluding hydrogens is 228 g/mol. The normalized spacial score (nSPS) is 23.8. The van der Waals surface area contributed by atoms with Crippen LogP contribution in [0.25, 0.3) is 0 Å². The van der Waals surface area contributed by atoms with Gasteiger partial charge in [-0.2, -0.15) is 0 Å². The summed E-state index contributed by atoms with van der Waals surface area (Å²) in [7, 11) is 3.62. The van der Waals surface area contributed by atoms with E-state index < -0.39 is 0 Å². The van der Waals surface area contributed by atoms with Crippen molar-refractivity contribution in [3.8, 4) is 0 Å². The van der Waals surface area contributed by atoms with Gasteiger partial charge in [0.2, 0.25) is 11.9 Å². The van der Waals surface area contributed by atoms with Gasteiger partial charge < -0.3 is 9.80 Å². The summed E-state index contributed by atoms with van der Waals surface area (Å²) in [6.07, 6.45) is 5.39. The van der Waals surface area contributed by atoms with Gasteiger partial charge in [0, 0.05) is 39.6 Å². The number of carbonyl (C=O) groups excluding carboxylic acids is 1. The molecule has 0 unspecified atom stereocenters. The van der Waals surface area contributed by atoms with E-state index in [0.29, 0.717) is 6.54 Å². The number of hydrogen-bond donors (Lipinski definition) is 0. The highest BCUT2D eigenvalue weighted by molar-refractivity contribution is 5.82. The molecule has 18 heavy (non-hydrogen) atoms. The Labute approximate surface area is 108 Å². The molecule has 1 aliphatic rings. The van der Waals surface area contributed by atoms with Gasteiger partial charge in [0.15, 0.2) is 0 Å². The zero-order valence-electron chi connectivity index (χ0n) is 11.3. The highest BCUT2D eigenvalue weighted by atomic mass is 16.2. The van der Waals surface area contributed by atoms with Crippen LogP contribution in [0.5, 0.6) is 0 Å². The highest BCUT2D eigenvalue weighted by Gasteiger charge is 2.39. The minimum atomic E-state index is -0.332. The molecular formula is C13H20N4O. The van der Waals surface area contributed by atoms with Crippen molar-refractivity contribution in [2.24, 2.45) is 5.41 Å². The van der Waals surface area contributed by atoms with Gasteiger partial charge in [-0.3, -0.25) is 4.79 Å². The molecule has 0 N–H and O–H groups in total. The van der Waals surface area contributed by atoms with Crippen LogP contribution in [0.3, 0.4) is 0 Å². The lowest BCUT2D eigenvalue weighted by Crippen LogP contribution is -2.50. The molecule has 0 aromatic carbocycles. The van der Waals surface area contributed by atoms with Gasteiger partial charge in [-0.25, -0.2) is 9.97 Å². The molecule has 2 heterocycles. The van der Waals surface area contributed by atoms with Crippen molar-refractivity contribution < 1.29 is 4.79 Å². The van der Waals surface area contributed by atoms with Crippen molar-refractivity contribution in [3.63, 3.8) is 0 Å². The third kappa shape index (κ3) is 2.44. The van der Waals surface area contributed by atoms with Crippen LogP contribution < -0.4 is 4.90 Å². The van der Waals surface area contributed by atoms with Crippen molar-refractivity contribution in [1.82, 2.24) is 14.9 Å². The predicted molar refractivity (Wildman–Crippen MR) is 70.3 cm³/mol. The monoisotopic (exact) mass is 248 g/mol. The smallest absolute Gasteiger partial charge is 0.229 e. The molecule has 1 saturated heterocycles. The largest absolute Gasteiger partial charge is 0.348 e. The molecule has 5 nitrogen and oxygen atoms in total. The summed E-state index contributed by atoms with van der Waals surface area (Å²) in [5.74, 6) is 0.901. The molecule has 1 aromatic rings. The maximum atomic E-state index is 12.3. The summed E-state index contributed by atoms with van der Waals surface area (Å²) in [5, 5.41) is 0. The topological polar surface area (TPSA) is 49.3 Å². The van der Waals surface area contributed by atoms with Crippen LogP contribution in [0.2, 0.25) is 0 Å². The standard InChI is InChI=1S/C13H20N4O/c1-13(11(18)16(2)3)6-4-9-17(10-13)12-14-7-5-8-15-12/h5,7-8H,4,6,9-10H2,1-3H3/t13-/m0/s1. The molecule has 1 fully saturated rings. The van der Waals surface area contributed by atoms with Crippen LogP contribution >= 0.6 is 0 Å². The molecule has 0 bridgehead atoms. The van der Waals surface area contributed by atoms with Crippen LogP contribution in [0.15, 0.2) is 18.5 Å². The van der Waals surface area contributed by atoms with E-state index in [1.54, 1.807) is 23.4 Å². The second-order valence-corrected chi connectivity index (χ2v) is 5.33. The van der Waals surface area contributed by atoms with E-state index in [0.717, 1.165) is 25.3 Å². The average Bonchev–Trinajstić information content (AvgIpc) is 2.39. The molecule has 1 atom stereocenters. The number of rotatable bonds is 2. The maximum absolute atomic E-state index is 12.3. The Kier molecular flexibility index (Phi) is 3.50. The van der Waals surface area contributed by atoms with Gasteiger partial charge in [-0.15, -0.1) is 0 Å². The van der Waals surface area contributed by atoms with Gasteiger partial charge in [-0.1, -0.05) is 0 Å². The Morgan fingerprint density at radius 3 is 2.67 bits per heavy atom. The number of aromatic nitrogens is 2. The Hall–Kier alpha value is -1.65. The number of amides is 1. The van der Waals surface area contributed by atoms with Gasteiger partial charge in [-0.05, 0) is 25.8 Å². The summed E-state index contributed by atoms with van der Waals surface area (Å²) in [6, 6.07) is 1.80. The lowest BCUT2D eigenvalue weighted by atomic mass is 9.80. The Balaban J connectivity index is 2.16. The molecule has 0 spiro atoms. The molecule has 0 saturated carbocycles. The summed E-state index contributed by atoms with van der Waals surface area (Å²) >= 11 is 0. The second kappa shape index (κ2) is 4.92. The zero-order chi connectivity index (χ0) is 13.2. The lowest BCUT2D eigenvalue weighted by molar-refractivity contribution is -0.139. The van der Waals surface area contributed by atoms with Crippen LogP contribution in [0, 0.1) is 5.41 Å². The fraction of sp³-hybridized carbons (Fsp3) is 0.615. The Bertz CT molecular complexity index is 420. The van der Waals surface area contributed by atoms with E-state index in [1.807, 2.05) is 21.0 Å². The first-order chi connectivity index (χ1) is 8.53. The molecule has 98 valence electrons.